The Kier molecular flexibility index (Phi) is 3.46. The van der Waals surface area contributed by atoms with Gasteiger partial charge in [-0.15, -0.1) is 0 Å². The molecule has 126 valence electrons. The molecule has 0 spiro atoms. The van der Waals surface area contributed by atoms with E-state index in [2.05, 4.69) is 10.6 Å². The van der Waals surface area contributed by atoms with Gasteiger partial charge in [0.25, 0.3) is 0 Å². The van der Waals surface area contributed by atoms with E-state index in [4.69, 9.17) is 4.74 Å². The van der Waals surface area contributed by atoms with Gasteiger partial charge in [-0.2, -0.15) is 0 Å². The normalized spacial score (nSPS) is 15.8. The molecule has 0 bridgehead atoms. The van der Waals surface area contributed by atoms with Gasteiger partial charge in [-0.3, -0.25) is 4.79 Å². The fraction of sp³-hybridized carbons (Fsp3) is 0.158. The van der Waals surface area contributed by atoms with Crippen LogP contribution >= 0.6 is 0 Å². The number of benzene rings is 2. The van der Waals surface area contributed by atoms with Crippen LogP contribution in [0.3, 0.4) is 0 Å². The molecule has 0 saturated carbocycles. The number of para-hydroxylation sites is 1. The zero-order valence-electron chi connectivity index (χ0n) is 13.9. The van der Waals surface area contributed by atoms with Gasteiger partial charge < -0.3 is 19.9 Å². The number of hydrogen-bond donors (Lipinski definition) is 2. The van der Waals surface area contributed by atoms with Crippen molar-refractivity contribution in [1.82, 2.24) is 4.57 Å². The molecule has 4 rings (SSSR count). The number of anilines is 2. The lowest BCUT2D eigenvalue weighted by atomic mass is 10.1. The first kappa shape index (κ1) is 15.3. The summed E-state index contributed by atoms with van der Waals surface area (Å²) in [6.07, 6.45) is -0.541. The van der Waals surface area contributed by atoms with E-state index in [-0.39, 0.29) is 11.9 Å². The van der Waals surface area contributed by atoms with Crippen molar-refractivity contribution >= 4 is 34.2 Å². The first-order chi connectivity index (χ1) is 12.0. The molecule has 0 radical (unpaired) electrons. The van der Waals surface area contributed by atoms with Gasteiger partial charge in [0, 0.05) is 36.2 Å². The number of carbonyl (C=O) groups is 2. The maximum atomic E-state index is 12.3. The van der Waals surface area contributed by atoms with Crippen LogP contribution < -0.4 is 10.6 Å². The summed E-state index contributed by atoms with van der Waals surface area (Å²) in [5.41, 5.74) is 3.94. The van der Waals surface area contributed by atoms with E-state index in [1.807, 2.05) is 48.0 Å². The second kappa shape index (κ2) is 5.66. The molecule has 25 heavy (non-hydrogen) atoms. The van der Waals surface area contributed by atoms with Gasteiger partial charge >= 0.3 is 5.97 Å². The summed E-state index contributed by atoms with van der Waals surface area (Å²) < 4.78 is 7.39. The molecule has 6 nitrogen and oxygen atoms in total. The monoisotopic (exact) mass is 335 g/mol. The van der Waals surface area contributed by atoms with Crippen molar-refractivity contribution in [1.29, 1.82) is 0 Å². The highest BCUT2D eigenvalue weighted by atomic mass is 16.6. The fourth-order valence-electron chi connectivity index (χ4n) is 3.26. The number of hydrogen-bond acceptors (Lipinski definition) is 4. The largest absolute Gasteiger partial charge is 0.433 e. The van der Waals surface area contributed by atoms with Crippen molar-refractivity contribution in [3.05, 3.63) is 59.8 Å². The lowest BCUT2D eigenvalue weighted by Crippen LogP contribution is -2.11. The van der Waals surface area contributed by atoms with Gasteiger partial charge in [0.05, 0.1) is 5.56 Å². The number of nitrogens with one attached hydrogen (secondary N) is 2. The molecule has 1 aromatic heterocycles. The topological polar surface area (TPSA) is 72.4 Å². The first-order valence-corrected chi connectivity index (χ1v) is 7.97. The SMILES string of the molecule is CC(=O)Nc1ccc(NC2OC(=O)c3c2c2ccccc2n3C)cc1. The van der Waals surface area contributed by atoms with E-state index in [1.54, 1.807) is 12.1 Å². The van der Waals surface area contributed by atoms with Crippen molar-refractivity contribution in [3.8, 4) is 0 Å². The molecular weight excluding hydrogens is 318 g/mol. The number of ether oxygens (including phenoxy) is 1. The average molecular weight is 335 g/mol. The summed E-state index contributed by atoms with van der Waals surface area (Å²) in [4.78, 5) is 23.4. The Balaban J connectivity index is 1.67. The zero-order chi connectivity index (χ0) is 17.6. The predicted molar refractivity (Wildman–Crippen MR) is 95.4 cm³/mol. The van der Waals surface area contributed by atoms with Crippen molar-refractivity contribution < 1.29 is 14.3 Å². The molecule has 1 aliphatic rings. The second-order valence-corrected chi connectivity index (χ2v) is 6.03. The molecule has 2 heterocycles. The summed E-state index contributed by atoms with van der Waals surface area (Å²) in [6.45, 7) is 1.46. The Hall–Kier alpha value is -3.28. The first-order valence-electron chi connectivity index (χ1n) is 7.97. The lowest BCUT2D eigenvalue weighted by molar-refractivity contribution is -0.114. The number of cyclic esters (lactones) is 1. The number of amides is 1. The Morgan fingerprint density at radius 2 is 1.76 bits per heavy atom. The number of nitrogens with zero attached hydrogens (tertiary/aromatic N) is 1. The van der Waals surface area contributed by atoms with Crippen LogP contribution in [0.4, 0.5) is 11.4 Å². The Labute approximate surface area is 144 Å². The number of esters is 1. The minimum absolute atomic E-state index is 0.120. The number of fused-ring (bicyclic) bond motifs is 3. The Morgan fingerprint density at radius 3 is 2.48 bits per heavy atom. The van der Waals surface area contributed by atoms with E-state index in [9.17, 15) is 9.59 Å². The number of aryl methyl sites for hydroxylation is 1. The molecular formula is C19H17N3O3. The van der Waals surface area contributed by atoms with E-state index < -0.39 is 6.23 Å². The predicted octanol–water partition coefficient (Wildman–Crippen LogP) is 3.42. The average Bonchev–Trinajstić information content (AvgIpc) is 3.06. The third-order valence-electron chi connectivity index (χ3n) is 4.33. The quantitative estimate of drug-likeness (QED) is 0.720. The zero-order valence-corrected chi connectivity index (χ0v) is 13.9. The molecule has 1 aliphatic heterocycles. The van der Waals surface area contributed by atoms with E-state index >= 15 is 0 Å². The van der Waals surface area contributed by atoms with Crippen molar-refractivity contribution in [2.45, 2.75) is 13.2 Å². The highest BCUT2D eigenvalue weighted by Crippen LogP contribution is 2.38. The van der Waals surface area contributed by atoms with Crippen LogP contribution in [0.25, 0.3) is 10.9 Å². The van der Waals surface area contributed by atoms with Gasteiger partial charge in [0.1, 0.15) is 5.69 Å². The third-order valence-corrected chi connectivity index (χ3v) is 4.33. The van der Waals surface area contributed by atoms with E-state index in [0.29, 0.717) is 11.4 Å². The molecule has 1 amide bonds. The van der Waals surface area contributed by atoms with Crippen LogP contribution in [0.2, 0.25) is 0 Å². The molecule has 0 fully saturated rings. The minimum atomic E-state index is -0.541. The van der Waals surface area contributed by atoms with Crippen molar-refractivity contribution in [2.75, 3.05) is 10.6 Å². The van der Waals surface area contributed by atoms with Crippen molar-refractivity contribution in [2.24, 2.45) is 7.05 Å². The summed E-state index contributed by atoms with van der Waals surface area (Å²) >= 11 is 0. The Bertz CT molecular complexity index is 989. The second-order valence-electron chi connectivity index (χ2n) is 6.03. The van der Waals surface area contributed by atoms with Gasteiger partial charge in [-0.25, -0.2) is 4.79 Å². The maximum Gasteiger partial charge on any atom is 0.357 e. The molecule has 3 aromatic rings. The van der Waals surface area contributed by atoms with Crippen LogP contribution in [-0.4, -0.2) is 16.4 Å². The fourth-order valence-corrected chi connectivity index (χ4v) is 3.26. The molecule has 2 N–H and O–H groups in total. The van der Waals surface area contributed by atoms with Crippen LogP contribution in [0.5, 0.6) is 0 Å². The molecule has 1 unspecified atom stereocenters. The van der Waals surface area contributed by atoms with Crippen LogP contribution in [-0.2, 0) is 16.6 Å². The standard InChI is InChI=1S/C19H17N3O3/c1-11(23)20-12-7-9-13(10-8-12)21-18-16-14-5-3-4-6-15(14)22(2)17(16)19(24)25-18/h3-10,18,21H,1-2H3,(H,20,23). The van der Waals surface area contributed by atoms with Crippen LogP contribution in [0, 0.1) is 0 Å². The number of rotatable bonds is 3. The molecule has 2 aromatic carbocycles. The highest BCUT2D eigenvalue weighted by Gasteiger charge is 2.36. The van der Waals surface area contributed by atoms with E-state index in [1.165, 1.54) is 6.92 Å². The highest BCUT2D eigenvalue weighted by molar-refractivity contribution is 6.02. The van der Waals surface area contributed by atoms with E-state index in [0.717, 1.165) is 22.2 Å². The summed E-state index contributed by atoms with van der Waals surface area (Å²) in [5.74, 6) is -0.452. The van der Waals surface area contributed by atoms with Gasteiger partial charge in [0.15, 0.2) is 0 Å². The summed E-state index contributed by atoms with van der Waals surface area (Å²) in [7, 11) is 1.87. The van der Waals surface area contributed by atoms with Crippen LogP contribution in [0.1, 0.15) is 29.2 Å². The molecule has 0 aliphatic carbocycles. The van der Waals surface area contributed by atoms with Gasteiger partial charge in [-0.05, 0) is 30.3 Å². The van der Waals surface area contributed by atoms with Crippen molar-refractivity contribution in [3.63, 3.8) is 0 Å². The number of carbonyl (C=O) groups excluding carboxylic acids is 2. The molecule has 0 saturated heterocycles. The van der Waals surface area contributed by atoms with Gasteiger partial charge in [0.2, 0.25) is 12.1 Å². The maximum absolute atomic E-state index is 12.3. The summed E-state index contributed by atoms with van der Waals surface area (Å²) in [5, 5.41) is 6.96. The molecule has 1 atom stereocenters. The lowest BCUT2D eigenvalue weighted by Gasteiger charge is -2.15. The number of aromatic nitrogens is 1. The van der Waals surface area contributed by atoms with Crippen LogP contribution in [0.15, 0.2) is 48.5 Å². The smallest absolute Gasteiger partial charge is 0.357 e. The third kappa shape index (κ3) is 2.52. The minimum Gasteiger partial charge on any atom is -0.433 e. The van der Waals surface area contributed by atoms with Gasteiger partial charge in [-0.1, -0.05) is 18.2 Å². The Morgan fingerprint density at radius 1 is 1.08 bits per heavy atom. The molecule has 6 heteroatoms. The summed E-state index contributed by atoms with van der Waals surface area (Å²) in [6, 6.07) is 15.1.